The molecule has 0 amide bonds. The number of hydrogen-bond acceptors (Lipinski definition) is 4. The zero-order valence-corrected chi connectivity index (χ0v) is 10.6. The van der Waals surface area contributed by atoms with Crippen LogP contribution in [0, 0.1) is 6.92 Å². The number of carbonyl (C=O) groups is 1. The average molecular weight is 237 g/mol. The van der Waals surface area contributed by atoms with Gasteiger partial charge in [0.2, 0.25) is 0 Å². The van der Waals surface area contributed by atoms with Gasteiger partial charge in [0.15, 0.2) is 5.75 Å². The summed E-state index contributed by atoms with van der Waals surface area (Å²) in [6.07, 6.45) is 0.749. The van der Waals surface area contributed by atoms with Crippen LogP contribution in [0.25, 0.3) is 0 Å². The third-order valence-electron chi connectivity index (χ3n) is 2.57. The third kappa shape index (κ3) is 3.75. The minimum atomic E-state index is -1.28. The number of hydrogen-bond donors (Lipinski definition) is 0. The molecule has 1 aromatic rings. The van der Waals surface area contributed by atoms with E-state index in [0.717, 1.165) is 12.0 Å². The van der Waals surface area contributed by atoms with Gasteiger partial charge in [0.05, 0.1) is 5.97 Å². The standard InChI is InChI=1S/C13H18O4/c1-5-13(3,4)17-16-11-8-9(2)6-7-10(11)12(14)15/h6-8H,5H2,1-4H3,(H,14,15)/p-1. The number of carboxylic acids is 1. The lowest BCUT2D eigenvalue weighted by atomic mass is 10.1. The first-order valence-corrected chi connectivity index (χ1v) is 5.53. The summed E-state index contributed by atoms with van der Waals surface area (Å²) in [5.74, 6) is -1.11. The van der Waals surface area contributed by atoms with Crippen LogP contribution in [0.2, 0.25) is 0 Å². The quantitative estimate of drug-likeness (QED) is 0.579. The Kier molecular flexibility index (Phi) is 4.12. The van der Waals surface area contributed by atoms with E-state index < -0.39 is 11.6 Å². The zero-order chi connectivity index (χ0) is 13.1. The van der Waals surface area contributed by atoms with Crippen molar-refractivity contribution in [2.45, 2.75) is 39.7 Å². The Morgan fingerprint density at radius 2 is 2.06 bits per heavy atom. The van der Waals surface area contributed by atoms with Gasteiger partial charge >= 0.3 is 0 Å². The fraction of sp³-hybridized carbons (Fsp3) is 0.462. The molecule has 4 nitrogen and oxygen atoms in total. The van der Waals surface area contributed by atoms with Crippen molar-refractivity contribution in [3.05, 3.63) is 29.3 Å². The summed E-state index contributed by atoms with van der Waals surface area (Å²) >= 11 is 0. The molecule has 0 radical (unpaired) electrons. The van der Waals surface area contributed by atoms with Gasteiger partial charge in [0.25, 0.3) is 0 Å². The average Bonchev–Trinajstić information content (AvgIpc) is 2.26. The number of benzene rings is 1. The van der Waals surface area contributed by atoms with Gasteiger partial charge in [-0.25, -0.2) is 0 Å². The number of carboxylic acid groups (broad SMARTS) is 1. The summed E-state index contributed by atoms with van der Waals surface area (Å²) in [7, 11) is 0. The highest BCUT2D eigenvalue weighted by Crippen LogP contribution is 2.23. The minimum absolute atomic E-state index is 0.0116. The van der Waals surface area contributed by atoms with E-state index in [1.807, 2.05) is 27.7 Å². The molecule has 0 heterocycles. The lowest BCUT2D eigenvalue weighted by Gasteiger charge is -2.22. The van der Waals surface area contributed by atoms with E-state index in [-0.39, 0.29) is 11.3 Å². The Bertz CT molecular complexity index is 410. The second kappa shape index (κ2) is 5.19. The molecule has 1 aromatic carbocycles. The largest absolute Gasteiger partial charge is 0.545 e. The Labute approximate surface area is 101 Å². The molecule has 0 N–H and O–H groups in total. The molecule has 0 bridgehead atoms. The molecule has 1 rings (SSSR count). The molecule has 0 atom stereocenters. The van der Waals surface area contributed by atoms with E-state index in [4.69, 9.17) is 9.78 Å². The number of aryl methyl sites for hydroxylation is 1. The summed E-state index contributed by atoms with van der Waals surface area (Å²) in [5.41, 5.74) is 0.415. The number of rotatable bonds is 5. The van der Waals surface area contributed by atoms with Crippen LogP contribution in [-0.2, 0) is 4.89 Å². The Balaban J connectivity index is 2.89. The van der Waals surface area contributed by atoms with Crippen LogP contribution in [0.3, 0.4) is 0 Å². The first-order chi connectivity index (χ1) is 7.85. The maximum Gasteiger partial charge on any atom is 0.174 e. The molecule has 0 unspecified atom stereocenters. The van der Waals surface area contributed by atoms with Crippen molar-refractivity contribution in [1.29, 1.82) is 0 Å². The molecule has 4 heteroatoms. The smallest absolute Gasteiger partial charge is 0.174 e. The van der Waals surface area contributed by atoms with Crippen molar-refractivity contribution >= 4 is 5.97 Å². The van der Waals surface area contributed by atoms with E-state index >= 15 is 0 Å². The van der Waals surface area contributed by atoms with Crippen molar-refractivity contribution in [2.24, 2.45) is 0 Å². The van der Waals surface area contributed by atoms with E-state index in [9.17, 15) is 9.90 Å². The van der Waals surface area contributed by atoms with Crippen LogP contribution in [0.1, 0.15) is 43.1 Å². The SMILES string of the molecule is CCC(C)(C)OOc1cc(C)ccc1C(=O)[O-]. The normalized spacial score (nSPS) is 11.3. The van der Waals surface area contributed by atoms with Crippen LogP contribution in [0.4, 0.5) is 0 Å². The summed E-state index contributed by atoms with van der Waals surface area (Å²) in [6.45, 7) is 7.53. The third-order valence-corrected chi connectivity index (χ3v) is 2.57. The molecular weight excluding hydrogens is 220 g/mol. The van der Waals surface area contributed by atoms with E-state index in [1.54, 1.807) is 12.1 Å². The predicted molar refractivity (Wildman–Crippen MR) is 61.6 cm³/mol. The highest BCUT2D eigenvalue weighted by molar-refractivity contribution is 5.89. The van der Waals surface area contributed by atoms with E-state index in [2.05, 4.69) is 0 Å². The van der Waals surface area contributed by atoms with Crippen LogP contribution in [-0.4, -0.2) is 11.6 Å². The van der Waals surface area contributed by atoms with E-state index in [1.165, 1.54) is 6.07 Å². The van der Waals surface area contributed by atoms with Gasteiger partial charge in [0.1, 0.15) is 5.60 Å². The summed E-state index contributed by atoms with van der Waals surface area (Å²) < 4.78 is 0. The Hall–Kier alpha value is -1.55. The fourth-order valence-corrected chi connectivity index (χ4v) is 1.08. The van der Waals surface area contributed by atoms with Gasteiger partial charge in [-0.05, 0) is 44.9 Å². The highest BCUT2D eigenvalue weighted by Gasteiger charge is 2.19. The molecule has 0 aliphatic rings. The summed E-state index contributed by atoms with van der Waals surface area (Å²) in [4.78, 5) is 21.2. The number of carbonyl (C=O) groups excluding carboxylic acids is 1. The first kappa shape index (κ1) is 13.5. The van der Waals surface area contributed by atoms with Crippen LogP contribution in [0.15, 0.2) is 18.2 Å². The fourth-order valence-electron chi connectivity index (χ4n) is 1.08. The van der Waals surface area contributed by atoms with Gasteiger partial charge in [-0.15, -0.1) is 0 Å². The van der Waals surface area contributed by atoms with Gasteiger partial charge in [-0.3, -0.25) is 0 Å². The summed E-state index contributed by atoms with van der Waals surface area (Å²) in [6, 6.07) is 4.74. The summed E-state index contributed by atoms with van der Waals surface area (Å²) in [5, 5.41) is 10.9. The van der Waals surface area contributed by atoms with Crippen molar-refractivity contribution in [3.8, 4) is 5.75 Å². The van der Waals surface area contributed by atoms with Gasteiger partial charge in [0, 0.05) is 5.56 Å². The zero-order valence-electron chi connectivity index (χ0n) is 10.6. The molecule has 17 heavy (non-hydrogen) atoms. The van der Waals surface area contributed by atoms with Crippen molar-refractivity contribution in [3.63, 3.8) is 0 Å². The maximum atomic E-state index is 10.9. The lowest BCUT2D eigenvalue weighted by Crippen LogP contribution is -2.27. The molecule has 0 spiro atoms. The number of aromatic carboxylic acids is 1. The van der Waals surface area contributed by atoms with Crippen molar-refractivity contribution in [2.75, 3.05) is 0 Å². The molecule has 0 aliphatic heterocycles. The Morgan fingerprint density at radius 3 is 2.59 bits per heavy atom. The van der Waals surface area contributed by atoms with Crippen LogP contribution < -0.4 is 9.99 Å². The molecule has 0 saturated carbocycles. The van der Waals surface area contributed by atoms with Crippen LogP contribution >= 0.6 is 0 Å². The maximum absolute atomic E-state index is 10.9. The predicted octanol–water partition coefficient (Wildman–Crippen LogP) is 1.86. The van der Waals surface area contributed by atoms with Gasteiger partial charge in [-0.1, -0.05) is 13.0 Å². The first-order valence-electron chi connectivity index (χ1n) is 5.53. The topological polar surface area (TPSA) is 58.6 Å². The van der Waals surface area contributed by atoms with Crippen LogP contribution in [0.5, 0.6) is 5.75 Å². The molecular formula is C13H17O4-. The van der Waals surface area contributed by atoms with Crippen molar-refractivity contribution < 1.29 is 19.7 Å². The highest BCUT2D eigenvalue weighted by atomic mass is 17.2. The molecule has 94 valence electrons. The second-order valence-electron chi connectivity index (χ2n) is 4.57. The minimum Gasteiger partial charge on any atom is -0.545 e. The molecule has 0 saturated heterocycles. The van der Waals surface area contributed by atoms with E-state index in [0.29, 0.717) is 0 Å². The molecule has 0 fully saturated rings. The van der Waals surface area contributed by atoms with Gasteiger partial charge < -0.3 is 14.8 Å². The monoisotopic (exact) mass is 237 g/mol. The molecule has 0 aromatic heterocycles. The Morgan fingerprint density at radius 1 is 1.41 bits per heavy atom. The lowest BCUT2D eigenvalue weighted by molar-refractivity contribution is -0.283. The second-order valence-corrected chi connectivity index (χ2v) is 4.57. The van der Waals surface area contributed by atoms with Crippen molar-refractivity contribution in [1.82, 2.24) is 0 Å². The molecule has 0 aliphatic carbocycles. The van der Waals surface area contributed by atoms with Gasteiger partial charge in [-0.2, -0.15) is 4.89 Å².